The Balaban J connectivity index is 1.49. The van der Waals surface area contributed by atoms with E-state index in [-0.39, 0.29) is 53.3 Å². The molecule has 0 unspecified atom stereocenters. The second kappa shape index (κ2) is 11.6. The van der Waals surface area contributed by atoms with E-state index in [1.165, 1.54) is 28.2 Å². The average Bonchev–Trinajstić information content (AvgIpc) is 3.13. The summed E-state index contributed by atoms with van der Waals surface area (Å²) in [4.78, 5) is 41.0. The van der Waals surface area contributed by atoms with Crippen LogP contribution in [-0.4, -0.2) is 37.1 Å². The number of pyridine rings is 1. The van der Waals surface area contributed by atoms with Gasteiger partial charge in [-0.1, -0.05) is 67.0 Å². The van der Waals surface area contributed by atoms with Gasteiger partial charge in [-0.15, -0.1) is 0 Å². The molecule has 2 fully saturated rings. The van der Waals surface area contributed by atoms with E-state index in [2.05, 4.69) is 0 Å². The minimum atomic E-state index is -0.550. The molecule has 1 saturated heterocycles. The maximum atomic E-state index is 13.2. The molecule has 1 aromatic heterocycles. The van der Waals surface area contributed by atoms with E-state index < -0.39 is 5.56 Å². The Kier molecular flexibility index (Phi) is 8.53. The number of aromatic hydroxyl groups is 1. The fourth-order valence-electron chi connectivity index (χ4n) is 4.86. The van der Waals surface area contributed by atoms with Crippen LogP contribution in [0.3, 0.4) is 0 Å². The Hall–Kier alpha value is -2.93. The van der Waals surface area contributed by atoms with Crippen LogP contribution in [0, 0.1) is 18.3 Å². The van der Waals surface area contributed by atoms with E-state index >= 15 is 0 Å². The zero-order valence-corrected chi connectivity index (χ0v) is 22.7. The number of amides is 1. The summed E-state index contributed by atoms with van der Waals surface area (Å²) in [6.07, 6.45) is 6.41. The van der Waals surface area contributed by atoms with Crippen LogP contribution in [0.4, 0.5) is 0 Å². The van der Waals surface area contributed by atoms with E-state index in [0.717, 1.165) is 24.8 Å². The maximum Gasteiger partial charge on any atom is 0.271 e. The summed E-state index contributed by atoms with van der Waals surface area (Å²) in [5, 5.41) is 21.2. The van der Waals surface area contributed by atoms with Crippen LogP contribution in [0.5, 0.6) is 5.88 Å². The van der Waals surface area contributed by atoms with Crippen molar-refractivity contribution in [3.8, 4) is 11.9 Å². The van der Waals surface area contributed by atoms with Gasteiger partial charge in [0, 0.05) is 24.0 Å². The summed E-state index contributed by atoms with van der Waals surface area (Å²) in [5.41, 5.74) is 0.364. The molecule has 37 heavy (non-hydrogen) atoms. The van der Waals surface area contributed by atoms with Crippen LogP contribution in [0.1, 0.15) is 78.0 Å². The molecule has 1 aromatic carbocycles. The first-order valence-corrected chi connectivity index (χ1v) is 13.8. The van der Waals surface area contributed by atoms with Gasteiger partial charge < -0.3 is 5.11 Å². The molecule has 192 valence electrons. The van der Waals surface area contributed by atoms with Crippen molar-refractivity contribution in [1.82, 2.24) is 9.47 Å². The number of benzene rings is 1. The first-order chi connectivity index (χ1) is 17.7. The standard InChI is InChI=1S/C27H26ClN3O4S2/c1-16-20(15-29)24(33)31(19-6-3-2-4-7-19)26(35)23(16)21(32)8-5-13-30-25(34)22(37-27(30)36)14-17-9-11-18(28)12-10-17/h9-12,14,19,35H,2-8,13H2,1H3/b22-14-. The number of carbonyl (C=O) groups excluding carboxylic acids is 2. The number of Topliss-reactive ketones (excluding diaryl/α,β-unsaturated/α-hetero) is 1. The number of thioether (sulfide) groups is 1. The minimum absolute atomic E-state index is 0.00902. The highest BCUT2D eigenvalue weighted by atomic mass is 35.5. The van der Waals surface area contributed by atoms with Gasteiger partial charge in [-0.3, -0.25) is 23.9 Å². The van der Waals surface area contributed by atoms with Gasteiger partial charge in [-0.25, -0.2) is 0 Å². The lowest BCUT2D eigenvalue weighted by atomic mass is 9.93. The molecule has 0 spiro atoms. The van der Waals surface area contributed by atoms with Crippen LogP contribution in [0.25, 0.3) is 6.08 Å². The maximum absolute atomic E-state index is 13.2. The monoisotopic (exact) mass is 555 g/mol. The third kappa shape index (κ3) is 5.66. The van der Waals surface area contributed by atoms with Gasteiger partial charge in [0.2, 0.25) is 5.88 Å². The van der Waals surface area contributed by atoms with Gasteiger partial charge in [-0.05, 0) is 55.5 Å². The summed E-state index contributed by atoms with van der Waals surface area (Å²) in [6, 6.07) is 8.79. The molecule has 2 aliphatic rings. The predicted molar refractivity (Wildman–Crippen MR) is 149 cm³/mol. The van der Waals surface area contributed by atoms with Gasteiger partial charge in [0.15, 0.2) is 5.78 Å². The summed E-state index contributed by atoms with van der Waals surface area (Å²) in [6.45, 7) is 1.75. The molecule has 2 aromatic rings. The van der Waals surface area contributed by atoms with Crippen molar-refractivity contribution in [3.63, 3.8) is 0 Å². The third-order valence-corrected chi connectivity index (χ3v) is 8.42. The van der Waals surface area contributed by atoms with Crippen LogP contribution in [-0.2, 0) is 4.79 Å². The largest absolute Gasteiger partial charge is 0.494 e. The summed E-state index contributed by atoms with van der Waals surface area (Å²) in [7, 11) is 0. The number of rotatable bonds is 7. The number of aromatic nitrogens is 1. The van der Waals surface area contributed by atoms with Crippen LogP contribution >= 0.6 is 35.6 Å². The molecule has 7 nitrogen and oxygen atoms in total. The highest BCUT2D eigenvalue weighted by Gasteiger charge is 2.32. The van der Waals surface area contributed by atoms with Gasteiger partial charge in [0.05, 0.1) is 10.5 Å². The number of carbonyl (C=O) groups is 2. The highest BCUT2D eigenvalue weighted by Crippen LogP contribution is 2.35. The quantitative estimate of drug-likeness (QED) is 0.263. The van der Waals surface area contributed by atoms with E-state index in [0.29, 0.717) is 33.5 Å². The van der Waals surface area contributed by atoms with Gasteiger partial charge >= 0.3 is 0 Å². The van der Waals surface area contributed by atoms with Gasteiger partial charge in [0.25, 0.3) is 11.5 Å². The van der Waals surface area contributed by atoms with E-state index in [1.807, 2.05) is 18.2 Å². The molecule has 0 bridgehead atoms. The summed E-state index contributed by atoms with van der Waals surface area (Å²) < 4.78 is 1.65. The van der Waals surface area contributed by atoms with Crippen LogP contribution < -0.4 is 5.56 Å². The molecule has 1 amide bonds. The third-order valence-electron chi connectivity index (χ3n) is 6.79. The summed E-state index contributed by atoms with van der Waals surface area (Å²) in [5.74, 6) is -0.970. The second-order valence-corrected chi connectivity index (χ2v) is 11.3. The second-order valence-electron chi connectivity index (χ2n) is 9.19. The Morgan fingerprint density at radius 3 is 2.57 bits per heavy atom. The number of nitrogens with zero attached hydrogens (tertiary/aromatic N) is 3. The predicted octanol–water partition coefficient (Wildman–Crippen LogP) is 5.76. The molecule has 1 aliphatic carbocycles. The lowest BCUT2D eigenvalue weighted by Crippen LogP contribution is -2.31. The van der Waals surface area contributed by atoms with Crippen molar-refractivity contribution in [2.24, 2.45) is 0 Å². The number of halogens is 1. The first-order valence-electron chi connectivity index (χ1n) is 12.1. The molecule has 1 N–H and O–H groups in total. The number of ketones is 1. The normalized spacial score (nSPS) is 17.4. The van der Waals surface area contributed by atoms with Crippen molar-refractivity contribution in [1.29, 1.82) is 5.26 Å². The Morgan fingerprint density at radius 1 is 1.24 bits per heavy atom. The van der Waals surface area contributed by atoms with Crippen molar-refractivity contribution >= 4 is 57.7 Å². The zero-order chi connectivity index (χ0) is 26.7. The molecule has 1 saturated carbocycles. The summed E-state index contributed by atoms with van der Waals surface area (Å²) >= 11 is 12.5. The SMILES string of the molecule is Cc1c(C(=O)CCCN2C(=O)/C(=C/c3ccc(Cl)cc3)SC2=S)c(O)n(C2CCCCC2)c(=O)c1C#N. The Morgan fingerprint density at radius 2 is 1.92 bits per heavy atom. The minimum Gasteiger partial charge on any atom is -0.494 e. The number of hydrogen-bond acceptors (Lipinski definition) is 7. The average molecular weight is 556 g/mol. The molecular weight excluding hydrogens is 530 g/mol. The van der Waals surface area contributed by atoms with Crippen LogP contribution in [0.2, 0.25) is 5.02 Å². The van der Waals surface area contributed by atoms with Gasteiger partial charge in [-0.2, -0.15) is 5.26 Å². The number of thiocarbonyl (C=S) groups is 1. The van der Waals surface area contributed by atoms with E-state index in [1.54, 1.807) is 18.2 Å². The lowest BCUT2D eigenvalue weighted by molar-refractivity contribution is -0.122. The number of nitriles is 1. The molecule has 1 aliphatic heterocycles. The van der Waals surface area contributed by atoms with Crippen molar-refractivity contribution < 1.29 is 14.7 Å². The fourth-order valence-corrected chi connectivity index (χ4v) is 6.29. The highest BCUT2D eigenvalue weighted by molar-refractivity contribution is 8.26. The Bertz CT molecular complexity index is 1390. The first kappa shape index (κ1) is 27.1. The molecule has 0 radical (unpaired) electrons. The Labute approximate surface area is 229 Å². The lowest BCUT2D eigenvalue weighted by Gasteiger charge is -2.26. The smallest absolute Gasteiger partial charge is 0.271 e. The molecule has 4 rings (SSSR count). The van der Waals surface area contributed by atoms with E-state index in [9.17, 15) is 24.8 Å². The van der Waals surface area contributed by atoms with Gasteiger partial charge in [0.1, 0.15) is 16.0 Å². The molecular formula is C27H26ClN3O4S2. The molecule has 0 atom stereocenters. The van der Waals surface area contributed by atoms with Crippen molar-refractivity contribution in [2.45, 2.75) is 57.9 Å². The molecule has 10 heteroatoms. The van der Waals surface area contributed by atoms with Crippen molar-refractivity contribution in [2.75, 3.05) is 6.54 Å². The topological polar surface area (TPSA) is 103 Å². The number of hydrogen-bond donors (Lipinski definition) is 1. The fraction of sp³-hybridized carbons (Fsp3) is 0.370. The van der Waals surface area contributed by atoms with E-state index in [4.69, 9.17) is 23.8 Å². The van der Waals surface area contributed by atoms with Crippen molar-refractivity contribution in [3.05, 3.63) is 66.8 Å². The van der Waals surface area contributed by atoms with Crippen LogP contribution in [0.15, 0.2) is 34.0 Å². The molecule has 2 heterocycles. The zero-order valence-electron chi connectivity index (χ0n) is 20.3.